The van der Waals surface area contributed by atoms with Gasteiger partial charge in [0.25, 0.3) is 11.8 Å². The minimum atomic E-state index is -0.801. The van der Waals surface area contributed by atoms with Crippen molar-refractivity contribution in [3.63, 3.8) is 0 Å². The second kappa shape index (κ2) is 10.1. The maximum atomic E-state index is 13.8. The first-order valence-corrected chi connectivity index (χ1v) is 12.8. The van der Waals surface area contributed by atoms with Crippen molar-refractivity contribution in [2.24, 2.45) is 0 Å². The van der Waals surface area contributed by atoms with Crippen LogP contribution >= 0.6 is 11.3 Å². The number of piperidine rings is 1. The van der Waals surface area contributed by atoms with E-state index >= 15 is 0 Å². The van der Waals surface area contributed by atoms with E-state index in [0.29, 0.717) is 37.5 Å². The number of nitrogens with zero attached hydrogens (tertiary/aromatic N) is 3. The predicted octanol–water partition coefficient (Wildman–Crippen LogP) is 3.48. The van der Waals surface area contributed by atoms with E-state index in [2.05, 4.69) is 10.2 Å². The average molecular weight is 507 g/mol. The Morgan fingerprint density at radius 1 is 0.972 bits per heavy atom. The van der Waals surface area contributed by atoms with Crippen molar-refractivity contribution >= 4 is 34.7 Å². The van der Waals surface area contributed by atoms with Gasteiger partial charge >= 0.3 is 0 Å². The zero-order valence-electron chi connectivity index (χ0n) is 19.7. The number of hydrogen-bond acceptors (Lipinski definition) is 5. The minimum Gasteiger partial charge on any atom is -0.350 e. The highest BCUT2D eigenvalue weighted by molar-refractivity contribution is 7.12. The lowest BCUT2D eigenvalue weighted by Crippen LogP contribution is -2.57. The van der Waals surface area contributed by atoms with Crippen molar-refractivity contribution in [2.75, 3.05) is 31.2 Å². The van der Waals surface area contributed by atoms with Crippen LogP contribution < -0.4 is 10.2 Å². The first kappa shape index (κ1) is 24.0. The largest absolute Gasteiger partial charge is 0.350 e. The Morgan fingerprint density at radius 3 is 2.36 bits per heavy atom. The van der Waals surface area contributed by atoms with Crippen molar-refractivity contribution < 1.29 is 18.8 Å². The molecule has 1 spiro atoms. The van der Waals surface area contributed by atoms with Crippen molar-refractivity contribution in [1.29, 1.82) is 0 Å². The smallest absolute Gasteiger partial charge is 0.263 e. The lowest BCUT2D eigenvalue weighted by molar-refractivity contribution is -0.137. The van der Waals surface area contributed by atoms with Gasteiger partial charge in [-0.2, -0.15) is 0 Å². The molecule has 0 bridgehead atoms. The summed E-state index contributed by atoms with van der Waals surface area (Å²) < 4.78 is 13.1. The number of halogens is 1. The van der Waals surface area contributed by atoms with Crippen LogP contribution in [0.3, 0.4) is 0 Å². The van der Waals surface area contributed by atoms with Gasteiger partial charge in [-0.1, -0.05) is 36.4 Å². The van der Waals surface area contributed by atoms with Gasteiger partial charge in [0.05, 0.1) is 11.5 Å². The molecule has 0 radical (unpaired) electrons. The van der Waals surface area contributed by atoms with E-state index < -0.39 is 5.54 Å². The first-order valence-electron chi connectivity index (χ1n) is 11.9. The molecular weight excluding hydrogens is 479 g/mol. The monoisotopic (exact) mass is 506 g/mol. The third-order valence-electron chi connectivity index (χ3n) is 6.93. The Labute approximate surface area is 213 Å². The average Bonchev–Trinajstić information content (AvgIpc) is 3.53. The van der Waals surface area contributed by atoms with Gasteiger partial charge in [-0.25, -0.2) is 4.39 Å². The zero-order valence-corrected chi connectivity index (χ0v) is 20.5. The van der Waals surface area contributed by atoms with E-state index in [4.69, 9.17) is 0 Å². The van der Waals surface area contributed by atoms with Gasteiger partial charge in [0.2, 0.25) is 5.91 Å². The van der Waals surface area contributed by atoms with Crippen LogP contribution in [0.2, 0.25) is 0 Å². The van der Waals surface area contributed by atoms with E-state index in [9.17, 15) is 18.8 Å². The summed E-state index contributed by atoms with van der Waals surface area (Å²) in [4.78, 5) is 45.5. The summed E-state index contributed by atoms with van der Waals surface area (Å²) in [5, 5.41) is 4.71. The molecule has 36 heavy (non-hydrogen) atoms. The van der Waals surface area contributed by atoms with Gasteiger partial charge in [0.15, 0.2) is 0 Å². The molecule has 0 aliphatic carbocycles. The highest BCUT2D eigenvalue weighted by Crippen LogP contribution is 2.39. The van der Waals surface area contributed by atoms with E-state index in [1.807, 2.05) is 52.7 Å². The molecule has 2 aromatic carbocycles. The Kier molecular flexibility index (Phi) is 6.73. The second-order valence-electron chi connectivity index (χ2n) is 9.11. The number of likely N-dealkylation sites (tertiary alicyclic amines) is 1. The fourth-order valence-electron chi connectivity index (χ4n) is 4.99. The number of rotatable bonds is 6. The number of anilines is 1. The van der Waals surface area contributed by atoms with Crippen LogP contribution in [0.1, 0.15) is 28.1 Å². The Bertz CT molecular complexity index is 1230. The van der Waals surface area contributed by atoms with Gasteiger partial charge in [-0.3, -0.25) is 14.4 Å². The van der Waals surface area contributed by atoms with Crippen LogP contribution in [-0.4, -0.2) is 59.4 Å². The lowest BCUT2D eigenvalue weighted by Gasteiger charge is -2.43. The highest BCUT2D eigenvalue weighted by Gasteiger charge is 2.54. The number of benzene rings is 2. The van der Waals surface area contributed by atoms with Crippen molar-refractivity contribution in [3.05, 3.63) is 88.4 Å². The summed E-state index contributed by atoms with van der Waals surface area (Å²) in [5.74, 6) is -0.703. The summed E-state index contributed by atoms with van der Waals surface area (Å²) in [6.07, 6.45) is 0.983. The zero-order chi connectivity index (χ0) is 25.1. The van der Waals surface area contributed by atoms with Crippen molar-refractivity contribution in [1.82, 2.24) is 15.1 Å². The first-order chi connectivity index (χ1) is 17.5. The normalized spacial score (nSPS) is 17.0. The Balaban J connectivity index is 1.29. The van der Waals surface area contributed by atoms with Crippen LogP contribution in [-0.2, 0) is 16.1 Å². The molecule has 2 aliphatic heterocycles. The number of nitrogens with one attached hydrogen (secondary N) is 1. The van der Waals surface area contributed by atoms with Crippen molar-refractivity contribution in [2.45, 2.75) is 24.9 Å². The fraction of sp³-hybridized carbons (Fsp3) is 0.296. The standard InChI is InChI=1S/C27H27FN4O3S/c28-21-10-8-20(9-11-21)17-29-24(33)18-31-19-32(22-5-2-1-3-6-22)27(26(31)35)12-14-30(15-13-27)25(34)23-7-4-16-36-23/h1-11,16H,12-15,17-19H2,(H,29,33). The maximum absolute atomic E-state index is 13.8. The molecule has 2 fully saturated rings. The molecule has 3 heterocycles. The third-order valence-corrected chi connectivity index (χ3v) is 7.79. The molecule has 7 nitrogen and oxygen atoms in total. The van der Waals surface area contributed by atoms with Gasteiger partial charge in [-0.15, -0.1) is 11.3 Å². The number of amides is 3. The van der Waals surface area contributed by atoms with E-state index in [1.54, 1.807) is 17.0 Å². The molecule has 5 rings (SSSR count). The van der Waals surface area contributed by atoms with Gasteiger partial charge in [-0.05, 0) is 54.1 Å². The molecule has 186 valence electrons. The van der Waals surface area contributed by atoms with E-state index in [0.717, 1.165) is 11.3 Å². The van der Waals surface area contributed by atoms with Crippen LogP contribution in [0, 0.1) is 5.82 Å². The molecule has 1 aromatic heterocycles. The molecular formula is C27H27FN4O3S. The molecule has 0 saturated carbocycles. The number of hydrogen-bond donors (Lipinski definition) is 1. The Hall–Kier alpha value is -3.72. The van der Waals surface area contributed by atoms with Gasteiger partial charge in [0.1, 0.15) is 17.9 Å². The molecule has 2 saturated heterocycles. The summed E-state index contributed by atoms with van der Waals surface area (Å²) >= 11 is 1.42. The molecule has 0 unspecified atom stereocenters. The number of carbonyl (C=O) groups is 3. The quantitative estimate of drug-likeness (QED) is 0.556. The molecule has 1 N–H and O–H groups in total. The predicted molar refractivity (Wildman–Crippen MR) is 136 cm³/mol. The van der Waals surface area contributed by atoms with E-state index in [-0.39, 0.29) is 36.6 Å². The second-order valence-corrected chi connectivity index (χ2v) is 10.1. The third kappa shape index (κ3) is 4.70. The van der Waals surface area contributed by atoms with E-state index in [1.165, 1.54) is 23.5 Å². The topological polar surface area (TPSA) is 73.0 Å². The number of para-hydroxylation sites is 1. The lowest BCUT2D eigenvalue weighted by atomic mass is 9.85. The van der Waals surface area contributed by atoms with Crippen LogP contribution in [0.5, 0.6) is 0 Å². The minimum absolute atomic E-state index is 0.00594. The molecule has 9 heteroatoms. The van der Waals surface area contributed by atoms with Crippen LogP contribution in [0.25, 0.3) is 0 Å². The van der Waals surface area contributed by atoms with Gasteiger partial charge in [0, 0.05) is 25.3 Å². The molecule has 3 amide bonds. The van der Waals surface area contributed by atoms with Crippen LogP contribution in [0.15, 0.2) is 72.1 Å². The summed E-state index contributed by atoms with van der Waals surface area (Å²) in [6.45, 7) is 1.43. The molecule has 0 atom stereocenters. The fourth-order valence-corrected chi connectivity index (χ4v) is 5.68. The summed E-state index contributed by atoms with van der Waals surface area (Å²) in [5.41, 5.74) is 0.894. The number of carbonyl (C=O) groups excluding carboxylic acids is 3. The van der Waals surface area contributed by atoms with Gasteiger partial charge < -0.3 is 20.0 Å². The number of thiophene rings is 1. The Morgan fingerprint density at radius 2 is 1.69 bits per heavy atom. The maximum Gasteiger partial charge on any atom is 0.263 e. The summed E-state index contributed by atoms with van der Waals surface area (Å²) in [6, 6.07) is 19.3. The van der Waals surface area contributed by atoms with Crippen LogP contribution in [0.4, 0.5) is 10.1 Å². The SMILES string of the molecule is O=C(CN1CN(c2ccccc2)C2(CCN(C(=O)c3cccs3)CC2)C1=O)NCc1ccc(F)cc1. The highest BCUT2D eigenvalue weighted by atomic mass is 32.1. The van der Waals surface area contributed by atoms with Crippen molar-refractivity contribution in [3.8, 4) is 0 Å². The summed E-state index contributed by atoms with van der Waals surface area (Å²) in [7, 11) is 0. The molecule has 2 aliphatic rings. The molecule has 3 aromatic rings.